The Balaban J connectivity index is 1.94. The van der Waals surface area contributed by atoms with E-state index in [0.717, 1.165) is 25.9 Å². The van der Waals surface area contributed by atoms with E-state index in [1.165, 1.54) is 0 Å². The molecule has 1 aromatic rings. The number of halogens is 1. The summed E-state index contributed by atoms with van der Waals surface area (Å²) in [7, 11) is 0. The maximum Gasteiger partial charge on any atom is 0.251 e. The third kappa shape index (κ3) is 2.97. The highest BCUT2D eigenvalue weighted by Gasteiger charge is 2.15. The van der Waals surface area contributed by atoms with Crippen LogP contribution in [0.3, 0.4) is 0 Å². The van der Waals surface area contributed by atoms with Crippen LogP contribution in [0.15, 0.2) is 24.3 Å². The summed E-state index contributed by atoms with van der Waals surface area (Å²) < 4.78 is 0. The van der Waals surface area contributed by atoms with E-state index in [1.807, 2.05) is 0 Å². The van der Waals surface area contributed by atoms with Crippen LogP contribution < -0.4 is 10.6 Å². The lowest BCUT2D eigenvalue weighted by Crippen LogP contribution is -2.45. The van der Waals surface area contributed by atoms with Gasteiger partial charge in [-0.05, 0) is 43.7 Å². The van der Waals surface area contributed by atoms with E-state index >= 15 is 0 Å². The molecule has 1 atom stereocenters. The summed E-state index contributed by atoms with van der Waals surface area (Å²) in [4.78, 5) is 11.8. The summed E-state index contributed by atoms with van der Waals surface area (Å²) in [6.45, 7) is 1.91. The SMILES string of the molecule is O=C(NC1CCCNC1)c1ccc(Cl)cc1. The monoisotopic (exact) mass is 238 g/mol. The molecule has 1 aromatic carbocycles. The Morgan fingerprint density at radius 3 is 2.75 bits per heavy atom. The Morgan fingerprint density at radius 2 is 2.12 bits per heavy atom. The minimum absolute atomic E-state index is 0.0228. The summed E-state index contributed by atoms with van der Waals surface area (Å²) in [5.41, 5.74) is 0.662. The molecule has 1 fully saturated rings. The molecule has 0 bridgehead atoms. The van der Waals surface area contributed by atoms with Gasteiger partial charge in [0, 0.05) is 23.2 Å². The minimum Gasteiger partial charge on any atom is -0.348 e. The second-order valence-electron chi connectivity index (χ2n) is 4.02. The van der Waals surface area contributed by atoms with E-state index in [0.29, 0.717) is 10.6 Å². The molecule has 1 aliphatic rings. The van der Waals surface area contributed by atoms with E-state index in [-0.39, 0.29) is 11.9 Å². The van der Waals surface area contributed by atoms with Crippen molar-refractivity contribution in [1.29, 1.82) is 0 Å². The first-order chi connectivity index (χ1) is 7.75. The molecule has 1 saturated heterocycles. The standard InChI is InChI=1S/C12H15ClN2O/c13-10-5-3-9(4-6-10)12(16)15-11-2-1-7-14-8-11/h3-6,11,14H,1-2,7-8H2,(H,15,16). The molecule has 0 aromatic heterocycles. The Hall–Kier alpha value is -1.06. The van der Waals surface area contributed by atoms with Gasteiger partial charge in [-0.1, -0.05) is 11.6 Å². The normalized spacial score (nSPS) is 20.4. The number of hydrogen-bond acceptors (Lipinski definition) is 2. The first-order valence-electron chi connectivity index (χ1n) is 5.53. The van der Waals surface area contributed by atoms with Gasteiger partial charge in [-0.15, -0.1) is 0 Å². The molecule has 2 N–H and O–H groups in total. The van der Waals surface area contributed by atoms with Crippen LogP contribution in [-0.2, 0) is 0 Å². The van der Waals surface area contributed by atoms with Gasteiger partial charge < -0.3 is 10.6 Å². The van der Waals surface area contributed by atoms with Crippen LogP contribution >= 0.6 is 11.6 Å². The molecule has 3 nitrogen and oxygen atoms in total. The third-order valence-electron chi connectivity index (χ3n) is 2.74. The van der Waals surface area contributed by atoms with E-state index in [1.54, 1.807) is 24.3 Å². The fourth-order valence-corrected chi connectivity index (χ4v) is 1.97. The van der Waals surface area contributed by atoms with Crippen LogP contribution in [0.5, 0.6) is 0 Å². The zero-order valence-corrected chi connectivity index (χ0v) is 9.76. The van der Waals surface area contributed by atoms with Crippen molar-refractivity contribution in [3.05, 3.63) is 34.9 Å². The smallest absolute Gasteiger partial charge is 0.251 e. The molecule has 1 aliphatic heterocycles. The van der Waals surface area contributed by atoms with Crippen molar-refractivity contribution < 1.29 is 4.79 Å². The van der Waals surface area contributed by atoms with Crippen LogP contribution in [0, 0.1) is 0 Å². The Morgan fingerprint density at radius 1 is 1.38 bits per heavy atom. The Bertz CT molecular complexity index is 358. The number of piperidine rings is 1. The number of rotatable bonds is 2. The van der Waals surface area contributed by atoms with Crippen molar-refractivity contribution in [1.82, 2.24) is 10.6 Å². The van der Waals surface area contributed by atoms with E-state index in [9.17, 15) is 4.79 Å². The van der Waals surface area contributed by atoms with Gasteiger partial charge in [-0.2, -0.15) is 0 Å². The molecule has 86 valence electrons. The Labute approximate surface area is 100 Å². The molecule has 4 heteroatoms. The van der Waals surface area contributed by atoms with E-state index < -0.39 is 0 Å². The first kappa shape index (κ1) is 11.4. The van der Waals surface area contributed by atoms with Gasteiger partial charge >= 0.3 is 0 Å². The molecule has 0 spiro atoms. The molecule has 1 heterocycles. The number of benzene rings is 1. The third-order valence-corrected chi connectivity index (χ3v) is 2.99. The second-order valence-corrected chi connectivity index (χ2v) is 4.46. The lowest BCUT2D eigenvalue weighted by Gasteiger charge is -2.23. The molecule has 0 saturated carbocycles. The van der Waals surface area contributed by atoms with Crippen LogP contribution in [0.4, 0.5) is 0 Å². The minimum atomic E-state index is -0.0228. The van der Waals surface area contributed by atoms with Gasteiger partial charge in [0.05, 0.1) is 0 Å². The topological polar surface area (TPSA) is 41.1 Å². The number of amides is 1. The molecule has 0 radical (unpaired) electrons. The highest BCUT2D eigenvalue weighted by atomic mass is 35.5. The predicted octanol–water partition coefficient (Wildman–Crippen LogP) is 1.82. The van der Waals surface area contributed by atoms with E-state index in [2.05, 4.69) is 10.6 Å². The highest BCUT2D eigenvalue weighted by molar-refractivity contribution is 6.30. The van der Waals surface area contributed by atoms with Gasteiger partial charge in [0.15, 0.2) is 0 Å². The summed E-state index contributed by atoms with van der Waals surface area (Å²) >= 11 is 5.77. The summed E-state index contributed by atoms with van der Waals surface area (Å²) in [6.07, 6.45) is 2.16. The molecule has 1 unspecified atom stereocenters. The zero-order valence-electron chi connectivity index (χ0n) is 9.00. The average Bonchev–Trinajstić information content (AvgIpc) is 2.31. The van der Waals surface area contributed by atoms with Gasteiger partial charge in [0.2, 0.25) is 0 Å². The van der Waals surface area contributed by atoms with Crippen molar-refractivity contribution in [3.8, 4) is 0 Å². The first-order valence-corrected chi connectivity index (χ1v) is 5.90. The van der Waals surface area contributed by atoms with Crippen molar-refractivity contribution in [2.45, 2.75) is 18.9 Å². The summed E-state index contributed by atoms with van der Waals surface area (Å²) in [6, 6.07) is 7.20. The van der Waals surface area contributed by atoms with Gasteiger partial charge in [-0.3, -0.25) is 4.79 Å². The number of nitrogens with one attached hydrogen (secondary N) is 2. The fraction of sp³-hybridized carbons (Fsp3) is 0.417. The largest absolute Gasteiger partial charge is 0.348 e. The molecule has 0 aliphatic carbocycles. The molecular formula is C12H15ClN2O. The summed E-state index contributed by atoms with van der Waals surface area (Å²) in [5, 5.41) is 6.92. The van der Waals surface area contributed by atoms with Crippen molar-refractivity contribution in [2.24, 2.45) is 0 Å². The molecular weight excluding hydrogens is 224 g/mol. The number of carbonyl (C=O) groups excluding carboxylic acids is 1. The lowest BCUT2D eigenvalue weighted by atomic mass is 10.1. The lowest BCUT2D eigenvalue weighted by molar-refractivity contribution is 0.0930. The van der Waals surface area contributed by atoms with Crippen LogP contribution in [0.25, 0.3) is 0 Å². The van der Waals surface area contributed by atoms with Crippen molar-refractivity contribution in [3.63, 3.8) is 0 Å². The van der Waals surface area contributed by atoms with Gasteiger partial charge in [0.25, 0.3) is 5.91 Å². The summed E-state index contributed by atoms with van der Waals surface area (Å²) in [5.74, 6) is -0.0228. The highest BCUT2D eigenvalue weighted by Crippen LogP contribution is 2.10. The Kier molecular flexibility index (Phi) is 3.80. The maximum atomic E-state index is 11.8. The zero-order chi connectivity index (χ0) is 11.4. The van der Waals surface area contributed by atoms with Crippen LogP contribution in [0.1, 0.15) is 23.2 Å². The van der Waals surface area contributed by atoms with Crippen molar-refractivity contribution >= 4 is 17.5 Å². The van der Waals surface area contributed by atoms with Crippen molar-refractivity contribution in [2.75, 3.05) is 13.1 Å². The fourth-order valence-electron chi connectivity index (χ4n) is 1.85. The number of carbonyl (C=O) groups is 1. The van der Waals surface area contributed by atoms with E-state index in [4.69, 9.17) is 11.6 Å². The maximum absolute atomic E-state index is 11.8. The molecule has 1 amide bonds. The average molecular weight is 239 g/mol. The molecule has 2 rings (SSSR count). The number of hydrogen-bond donors (Lipinski definition) is 2. The van der Waals surface area contributed by atoms with Gasteiger partial charge in [0.1, 0.15) is 0 Å². The molecule has 16 heavy (non-hydrogen) atoms. The quantitative estimate of drug-likeness (QED) is 0.825. The van der Waals surface area contributed by atoms with Gasteiger partial charge in [-0.25, -0.2) is 0 Å². The van der Waals surface area contributed by atoms with Crippen LogP contribution in [0.2, 0.25) is 5.02 Å². The second kappa shape index (κ2) is 5.32. The van der Waals surface area contributed by atoms with Crippen LogP contribution in [-0.4, -0.2) is 25.0 Å². The predicted molar refractivity (Wildman–Crippen MR) is 64.8 cm³/mol.